The Labute approximate surface area is 89.0 Å². The molecule has 0 fully saturated rings. The summed E-state index contributed by atoms with van der Waals surface area (Å²) in [4.78, 5) is 4.03. The molecule has 0 aliphatic heterocycles. The predicted octanol–water partition coefficient (Wildman–Crippen LogP) is 2.24. The molecule has 0 spiro atoms. The molecule has 0 atom stereocenters. The summed E-state index contributed by atoms with van der Waals surface area (Å²) >= 11 is 0. The molecule has 1 heterocycles. The van der Waals surface area contributed by atoms with Crippen molar-refractivity contribution in [2.75, 3.05) is 14.2 Å². The zero-order chi connectivity index (χ0) is 10.8. The van der Waals surface area contributed by atoms with E-state index >= 15 is 0 Å². The Balaban J connectivity index is 2.65. The molecule has 3 heteroatoms. The first-order chi connectivity index (χ1) is 7.26. The minimum atomic E-state index is 0.882. The Kier molecular flexibility index (Phi) is 2.46. The van der Waals surface area contributed by atoms with Gasteiger partial charge in [0.1, 0.15) is 5.75 Å². The number of aryl methyl sites for hydroxylation is 1. The standard InChI is InChI=1S/C12H14N2O/c1-13-8-10-6-9-7-11(15-3)4-5-12(9)14(10)2/h4-8H,1-3H3. The van der Waals surface area contributed by atoms with E-state index in [4.69, 9.17) is 4.74 Å². The molecule has 0 unspecified atom stereocenters. The van der Waals surface area contributed by atoms with E-state index in [9.17, 15) is 0 Å². The second-order valence-corrected chi connectivity index (χ2v) is 3.44. The van der Waals surface area contributed by atoms with E-state index in [0.717, 1.165) is 11.4 Å². The SMILES string of the molecule is CN=Cc1cc2cc(OC)ccc2n1C. The van der Waals surface area contributed by atoms with E-state index in [0.29, 0.717) is 0 Å². The first-order valence-corrected chi connectivity index (χ1v) is 4.82. The van der Waals surface area contributed by atoms with E-state index in [2.05, 4.69) is 21.7 Å². The van der Waals surface area contributed by atoms with Crippen molar-refractivity contribution in [2.45, 2.75) is 0 Å². The summed E-state index contributed by atoms with van der Waals surface area (Å²) in [5.41, 5.74) is 2.28. The molecule has 0 N–H and O–H groups in total. The lowest BCUT2D eigenvalue weighted by Gasteiger charge is -2.01. The maximum atomic E-state index is 5.19. The van der Waals surface area contributed by atoms with Crippen LogP contribution in [0, 0.1) is 0 Å². The highest BCUT2D eigenvalue weighted by atomic mass is 16.5. The van der Waals surface area contributed by atoms with Crippen molar-refractivity contribution in [1.82, 2.24) is 4.57 Å². The fourth-order valence-electron chi connectivity index (χ4n) is 1.73. The van der Waals surface area contributed by atoms with Gasteiger partial charge in [0.2, 0.25) is 0 Å². The third-order valence-electron chi connectivity index (χ3n) is 2.55. The van der Waals surface area contributed by atoms with Crippen molar-refractivity contribution in [3.63, 3.8) is 0 Å². The zero-order valence-electron chi connectivity index (χ0n) is 9.19. The molecule has 0 aliphatic carbocycles. The molecule has 0 radical (unpaired) electrons. The van der Waals surface area contributed by atoms with Crippen molar-refractivity contribution < 1.29 is 4.74 Å². The van der Waals surface area contributed by atoms with E-state index in [1.54, 1.807) is 14.2 Å². The van der Waals surface area contributed by atoms with Gasteiger partial charge in [-0.15, -0.1) is 0 Å². The van der Waals surface area contributed by atoms with Crippen LogP contribution >= 0.6 is 0 Å². The number of hydrogen-bond acceptors (Lipinski definition) is 2. The van der Waals surface area contributed by atoms with Crippen LogP contribution in [0.25, 0.3) is 10.9 Å². The molecule has 0 saturated heterocycles. The van der Waals surface area contributed by atoms with Crippen molar-refractivity contribution in [1.29, 1.82) is 0 Å². The number of hydrogen-bond donors (Lipinski definition) is 0. The minimum Gasteiger partial charge on any atom is -0.497 e. The quantitative estimate of drug-likeness (QED) is 0.686. The first-order valence-electron chi connectivity index (χ1n) is 4.82. The highest BCUT2D eigenvalue weighted by Gasteiger charge is 2.04. The van der Waals surface area contributed by atoms with Crippen LogP contribution in [0.15, 0.2) is 29.3 Å². The fraction of sp³-hybridized carbons (Fsp3) is 0.250. The van der Waals surface area contributed by atoms with Gasteiger partial charge in [0, 0.05) is 31.2 Å². The van der Waals surface area contributed by atoms with Crippen LogP contribution < -0.4 is 4.74 Å². The molecular weight excluding hydrogens is 188 g/mol. The molecule has 0 saturated carbocycles. The predicted molar refractivity (Wildman–Crippen MR) is 63.0 cm³/mol. The van der Waals surface area contributed by atoms with Crippen LogP contribution in [0.1, 0.15) is 5.69 Å². The number of aromatic nitrogens is 1. The Bertz CT molecular complexity index is 512. The van der Waals surface area contributed by atoms with Crippen LogP contribution in [0.3, 0.4) is 0 Å². The Morgan fingerprint density at radius 2 is 2.13 bits per heavy atom. The van der Waals surface area contributed by atoms with Gasteiger partial charge in [0.05, 0.1) is 12.8 Å². The summed E-state index contributed by atoms with van der Waals surface area (Å²) in [6, 6.07) is 8.16. The molecule has 3 nitrogen and oxygen atoms in total. The van der Waals surface area contributed by atoms with Gasteiger partial charge in [-0.25, -0.2) is 0 Å². The third kappa shape index (κ3) is 1.61. The molecule has 15 heavy (non-hydrogen) atoms. The van der Waals surface area contributed by atoms with Gasteiger partial charge in [-0.2, -0.15) is 0 Å². The Morgan fingerprint density at radius 1 is 1.33 bits per heavy atom. The van der Waals surface area contributed by atoms with Crippen LogP contribution in [-0.2, 0) is 7.05 Å². The average Bonchev–Trinajstić information content (AvgIpc) is 2.56. The van der Waals surface area contributed by atoms with Crippen LogP contribution in [0.5, 0.6) is 5.75 Å². The van der Waals surface area contributed by atoms with Gasteiger partial charge in [-0.1, -0.05) is 0 Å². The second kappa shape index (κ2) is 3.77. The molecule has 0 aliphatic rings. The lowest BCUT2D eigenvalue weighted by molar-refractivity contribution is 0.415. The van der Waals surface area contributed by atoms with Crippen LogP contribution in [0.2, 0.25) is 0 Å². The highest BCUT2D eigenvalue weighted by Crippen LogP contribution is 2.22. The number of rotatable bonds is 2. The summed E-state index contributed by atoms with van der Waals surface area (Å²) in [6.45, 7) is 0. The van der Waals surface area contributed by atoms with Crippen molar-refractivity contribution >= 4 is 17.1 Å². The Morgan fingerprint density at radius 3 is 2.80 bits per heavy atom. The van der Waals surface area contributed by atoms with Gasteiger partial charge < -0.3 is 9.30 Å². The monoisotopic (exact) mass is 202 g/mol. The number of ether oxygens (including phenoxy) is 1. The average molecular weight is 202 g/mol. The van der Waals surface area contributed by atoms with Gasteiger partial charge in [-0.05, 0) is 24.3 Å². The molecule has 1 aromatic heterocycles. The number of methoxy groups -OCH3 is 1. The van der Waals surface area contributed by atoms with Crippen molar-refractivity contribution in [3.05, 3.63) is 30.0 Å². The maximum absolute atomic E-state index is 5.19. The molecule has 0 bridgehead atoms. The first kappa shape index (κ1) is 9.77. The molecule has 2 rings (SSSR count). The van der Waals surface area contributed by atoms with E-state index < -0.39 is 0 Å². The Hall–Kier alpha value is -1.77. The van der Waals surface area contributed by atoms with E-state index in [1.807, 2.05) is 25.4 Å². The normalized spacial score (nSPS) is 11.4. The van der Waals surface area contributed by atoms with Crippen LogP contribution in [0.4, 0.5) is 0 Å². The lowest BCUT2D eigenvalue weighted by Crippen LogP contribution is -1.93. The van der Waals surface area contributed by atoms with Crippen molar-refractivity contribution in [3.8, 4) is 5.75 Å². The van der Waals surface area contributed by atoms with E-state index in [-0.39, 0.29) is 0 Å². The molecule has 2 aromatic rings. The smallest absolute Gasteiger partial charge is 0.119 e. The second-order valence-electron chi connectivity index (χ2n) is 3.44. The summed E-state index contributed by atoms with van der Waals surface area (Å²) in [5, 5.41) is 1.17. The summed E-state index contributed by atoms with van der Waals surface area (Å²) in [6.07, 6.45) is 1.85. The third-order valence-corrected chi connectivity index (χ3v) is 2.55. The number of benzene rings is 1. The van der Waals surface area contributed by atoms with Gasteiger partial charge in [0.25, 0.3) is 0 Å². The van der Waals surface area contributed by atoms with Gasteiger partial charge in [-0.3, -0.25) is 4.99 Å². The topological polar surface area (TPSA) is 26.5 Å². The highest BCUT2D eigenvalue weighted by molar-refractivity contribution is 5.91. The van der Waals surface area contributed by atoms with E-state index in [1.165, 1.54) is 10.9 Å². The zero-order valence-corrected chi connectivity index (χ0v) is 9.19. The molecular formula is C12H14N2O. The van der Waals surface area contributed by atoms with Gasteiger partial charge >= 0.3 is 0 Å². The summed E-state index contributed by atoms with van der Waals surface area (Å²) in [5.74, 6) is 0.882. The fourth-order valence-corrected chi connectivity index (χ4v) is 1.73. The molecule has 78 valence electrons. The summed E-state index contributed by atoms with van der Waals surface area (Å²) in [7, 11) is 5.49. The van der Waals surface area contributed by atoms with Gasteiger partial charge in [0.15, 0.2) is 0 Å². The molecule has 1 aromatic carbocycles. The van der Waals surface area contributed by atoms with Crippen LogP contribution in [-0.4, -0.2) is 24.9 Å². The number of aliphatic imine (C=N–C) groups is 1. The van der Waals surface area contributed by atoms with Crippen molar-refractivity contribution in [2.24, 2.45) is 12.0 Å². The largest absolute Gasteiger partial charge is 0.497 e. The maximum Gasteiger partial charge on any atom is 0.119 e. The minimum absolute atomic E-state index is 0.882. The molecule has 0 amide bonds. The lowest BCUT2D eigenvalue weighted by atomic mass is 10.2. The number of nitrogens with zero attached hydrogens (tertiary/aromatic N) is 2. The summed E-state index contributed by atoms with van der Waals surface area (Å²) < 4.78 is 7.30. The number of fused-ring (bicyclic) bond motifs is 1.